The fourth-order valence-corrected chi connectivity index (χ4v) is 3.91. The Morgan fingerprint density at radius 3 is 2.79 bits per heavy atom. The summed E-state index contributed by atoms with van der Waals surface area (Å²) in [7, 11) is 0. The number of alkyl halides is 2. The molecule has 1 amide bonds. The van der Waals surface area contributed by atoms with E-state index in [1.165, 1.54) is 18.3 Å². The number of rotatable bonds is 4. The van der Waals surface area contributed by atoms with Crippen LogP contribution in [0.25, 0.3) is 11.1 Å². The Labute approximate surface area is 166 Å². The highest BCUT2D eigenvalue weighted by molar-refractivity contribution is 6.33. The van der Waals surface area contributed by atoms with Crippen LogP contribution < -0.4 is 11.1 Å². The van der Waals surface area contributed by atoms with Gasteiger partial charge in [-0.1, -0.05) is 11.6 Å². The molecule has 28 heavy (non-hydrogen) atoms. The van der Waals surface area contributed by atoms with E-state index in [0.29, 0.717) is 29.1 Å². The largest absolute Gasteiger partial charge is 0.325 e. The lowest BCUT2D eigenvalue weighted by Crippen LogP contribution is -2.45. The number of nitrogens with zero attached hydrogens (tertiary/aromatic N) is 1. The van der Waals surface area contributed by atoms with Crippen LogP contribution >= 0.6 is 11.6 Å². The van der Waals surface area contributed by atoms with Gasteiger partial charge >= 0.3 is 0 Å². The zero-order chi connectivity index (χ0) is 20.5. The van der Waals surface area contributed by atoms with Gasteiger partial charge in [0.05, 0.1) is 11.1 Å². The van der Waals surface area contributed by atoms with Gasteiger partial charge in [0.25, 0.3) is 0 Å². The summed E-state index contributed by atoms with van der Waals surface area (Å²) in [6.45, 7) is 1.72. The summed E-state index contributed by atoms with van der Waals surface area (Å²) in [5.41, 5.74) is 7.39. The molecule has 0 radical (unpaired) electrons. The van der Waals surface area contributed by atoms with E-state index in [-0.39, 0.29) is 17.7 Å². The lowest BCUT2D eigenvalue weighted by atomic mass is 9.82. The normalized spacial score (nSPS) is 19.9. The zero-order valence-corrected chi connectivity index (χ0v) is 16.1. The highest BCUT2D eigenvalue weighted by Gasteiger charge is 2.40. The van der Waals surface area contributed by atoms with Gasteiger partial charge in [0.2, 0.25) is 11.8 Å². The van der Waals surface area contributed by atoms with Crippen LogP contribution in [0.4, 0.5) is 18.9 Å². The van der Waals surface area contributed by atoms with E-state index in [9.17, 15) is 18.0 Å². The maximum atomic E-state index is 14.6. The molecule has 4 nitrogen and oxygen atoms in total. The summed E-state index contributed by atoms with van der Waals surface area (Å²) in [5.74, 6) is -4.60. The molecule has 1 fully saturated rings. The van der Waals surface area contributed by atoms with Gasteiger partial charge in [-0.25, -0.2) is 13.2 Å². The Morgan fingerprint density at radius 2 is 2.14 bits per heavy atom. The predicted molar refractivity (Wildman–Crippen MR) is 103 cm³/mol. The third-order valence-electron chi connectivity index (χ3n) is 5.08. The number of amides is 1. The first-order chi connectivity index (χ1) is 13.2. The fraction of sp³-hybridized carbons (Fsp3) is 0.400. The summed E-state index contributed by atoms with van der Waals surface area (Å²) < 4.78 is 41.8. The Bertz CT molecular complexity index is 871. The number of benzene rings is 1. The second-order valence-corrected chi connectivity index (χ2v) is 7.58. The van der Waals surface area contributed by atoms with E-state index < -0.39 is 36.0 Å². The summed E-state index contributed by atoms with van der Waals surface area (Å²) in [6.07, 6.45) is 1.74. The Morgan fingerprint density at radius 1 is 1.39 bits per heavy atom. The highest BCUT2D eigenvalue weighted by atomic mass is 35.5. The number of aromatic nitrogens is 1. The third kappa shape index (κ3) is 4.47. The second-order valence-electron chi connectivity index (χ2n) is 7.18. The molecule has 1 aliphatic rings. The van der Waals surface area contributed by atoms with Gasteiger partial charge in [0.15, 0.2) is 0 Å². The van der Waals surface area contributed by atoms with Crippen molar-refractivity contribution < 1.29 is 18.0 Å². The number of carbonyl (C=O) groups excluding carboxylic acids is 1. The van der Waals surface area contributed by atoms with Crippen LogP contribution in [0.1, 0.15) is 31.4 Å². The SMILES string of the molecule is Cc1nccc(Cl)c1-c1ccc(NC(=O)C(N)C2CCCC(F)(F)C2)cc1F. The smallest absolute Gasteiger partial charge is 0.248 e. The summed E-state index contributed by atoms with van der Waals surface area (Å²) in [6, 6.07) is 4.64. The van der Waals surface area contributed by atoms with Crippen molar-refractivity contribution in [3.8, 4) is 11.1 Å². The Kier molecular flexibility index (Phi) is 5.95. The number of pyridine rings is 1. The van der Waals surface area contributed by atoms with Crippen LogP contribution in [-0.4, -0.2) is 22.9 Å². The molecular formula is C20H21ClF3N3O. The van der Waals surface area contributed by atoms with Crippen LogP contribution in [0.3, 0.4) is 0 Å². The van der Waals surface area contributed by atoms with E-state index in [4.69, 9.17) is 17.3 Å². The summed E-state index contributed by atoms with van der Waals surface area (Å²) >= 11 is 6.16. The minimum Gasteiger partial charge on any atom is -0.325 e. The molecule has 3 N–H and O–H groups in total. The maximum absolute atomic E-state index is 14.6. The molecule has 1 aliphatic carbocycles. The molecule has 3 rings (SSSR count). The first kappa shape index (κ1) is 20.6. The molecule has 0 aliphatic heterocycles. The molecule has 2 aromatic rings. The van der Waals surface area contributed by atoms with Crippen molar-refractivity contribution in [3.63, 3.8) is 0 Å². The van der Waals surface area contributed by atoms with Crippen LogP contribution in [0, 0.1) is 18.7 Å². The number of carbonyl (C=O) groups is 1. The zero-order valence-electron chi connectivity index (χ0n) is 15.3. The van der Waals surface area contributed by atoms with Crippen molar-refractivity contribution in [1.29, 1.82) is 0 Å². The minimum atomic E-state index is -2.80. The number of hydrogen-bond acceptors (Lipinski definition) is 3. The Hall–Kier alpha value is -2.12. The standard InChI is InChI=1S/C20H21ClF3N3O/c1-11-17(15(21)6-8-26-11)14-5-4-13(9-16(14)22)27-19(28)18(25)12-3-2-7-20(23,24)10-12/h4-6,8-9,12,18H,2-3,7,10,25H2,1H3,(H,27,28). The number of nitrogens with two attached hydrogens (primary N) is 1. The molecule has 150 valence electrons. The first-order valence-corrected chi connectivity index (χ1v) is 9.41. The van der Waals surface area contributed by atoms with E-state index in [2.05, 4.69) is 10.3 Å². The lowest BCUT2D eigenvalue weighted by molar-refractivity contribution is -0.120. The summed E-state index contributed by atoms with van der Waals surface area (Å²) in [4.78, 5) is 16.5. The topological polar surface area (TPSA) is 68.0 Å². The van der Waals surface area contributed by atoms with Gasteiger partial charge in [-0.2, -0.15) is 0 Å². The number of anilines is 1. The van der Waals surface area contributed by atoms with Crippen molar-refractivity contribution in [3.05, 3.63) is 47.0 Å². The van der Waals surface area contributed by atoms with Gasteiger partial charge in [-0.3, -0.25) is 9.78 Å². The van der Waals surface area contributed by atoms with Gasteiger partial charge < -0.3 is 11.1 Å². The van der Waals surface area contributed by atoms with Gasteiger partial charge in [-0.15, -0.1) is 0 Å². The van der Waals surface area contributed by atoms with Gasteiger partial charge in [0, 0.05) is 41.5 Å². The number of aryl methyl sites for hydroxylation is 1. The molecule has 1 aromatic heterocycles. The monoisotopic (exact) mass is 411 g/mol. The third-order valence-corrected chi connectivity index (χ3v) is 5.40. The second kappa shape index (κ2) is 8.09. The van der Waals surface area contributed by atoms with Crippen molar-refractivity contribution in [2.24, 2.45) is 11.7 Å². The Balaban J connectivity index is 1.75. The maximum Gasteiger partial charge on any atom is 0.248 e. The van der Waals surface area contributed by atoms with Crippen LogP contribution in [0.5, 0.6) is 0 Å². The first-order valence-electron chi connectivity index (χ1n) is 9.03. The van der Waals surface area contributed by atoms with E-state index >= 15 is 0 Å². The molecular weight excluding hydrogens is 391 g/mol. The van der Waals surface area contributed by atoms with Crippen LogP contribution in [-0.2, 0) is 4.79 Å². The minimum absolute atomic E-state index is 0.180. The number of nitrogens with one attached hydrogen (secondary N) is 1. The molecule has 1 aromatic carbocycles. The fourth-order valence-electron chi connectivity index (χ4n) is 3.61. The molecule has 0 saturated heterocycles. The molecule has 0 bridgehead atoms. The summed E-state index contributed by atoms with van der Waals surface area (Å²) in [5, 5.41) is 2.88. The van der Waals surface area contributed by atoms with Crippen molar-refractivity contribution >= 4 is 23.2 Å². The average Bonchev–Trinajstić information content (AvgIpc) is 2.61. The van der Waals surface area contributed by atoms with Gasteiger partial charge in [-0.05, 0) is 49.9 Å². The average molecular weight is 412 g/mol. The van der Waals surface area contributed by atoms with E-state index in [0.717, 1.165) is 6.07 Å². The van der Waals surface area contributed by atoms with Crippen molar-refractivity contribution in [1.82, 2.24) is 4.98 Å². The molecule has 2 atom stereocenters. The van der Waals surface area contributed by atoms with Gasteiger partial charge in [0.1, 0.15) is 5.82 Å². The number of hydrogen-bond donors (Lipinski definition) is 2. The molecule has 2 unspecified atom stereocenters. The van der Waals surface area contributed by atoms with E-state index in [1.54, 1.807) is 13.0 Å². The lowest BCUT2D eigenvalue weighted by Gasteiger charge is -2.31. The predicted octanol–water partition coefficient (Wildman–Crippen LogP) is 4.94. The quantitative estimate of drug-likeness (QED) is 0.748. The van der Waals surface area contributed by atoms with Crippen LogP contribution in [0.2, 0.25) is 5.02 Å². The molecule has 0 spiro atoms. The highest BCUT2D eigenvalue weighted by Crippen LogP contribution is 2.38. The molecule has 1 saturated carbocycles. The number of halogens is 4. The van der Waals surface area contributed by atoms with Crippen molar-refractivity contribution in [2.75, 3.05) is 5.32 Å². The van der Waals surface area contributed by atoms with E-state index in [1.807, 2.05) is 0 Å². The molecule has 8 heteroatoms. The van der Waals surface area contributed by atoms with Crippen molar-refractivity contribution in [2.45, 2.75) is 44.6 Å². The van der Waals surface area contributed by atoms with Crippen LogP contribution in [0.15, 0.2) is 30.5 Å². The molecule has 1 heterocycles.